The Morgan fingerprint density at radius 1 is 0.882 bits per heavy atom. The van der Waals surface area contributed by atoms with Gasteiger partial charge in [0, 0.05) is 12.1 Å². The largest absolute Gasteiger partial charge is 0.330 e. The van der Waals surface area contributed by atoms with Crippen LogP contribution >= 0.6 is 0 Å². The molecule has 0 aromatic heterocycles. The van der Waals surface area contributed by atoms with E-state index in [2.05, 4.69) is 33.0 Å². The number of nitrogens with two attached hydrogens (primary N) is 2. The molecule has 0 heterocycles. The van der Waals surface area contributed by atoms with Crippen molar-refractivity contribution in [3.8, 4) is 0 Å². The molecule has 3 heteroatoms. The molecule has 0 spiro atoms. The Labute approximate surface area is 108 Å². The Bertz CT molecular complexity index is 171. The third kappa shape index (κ3) is 10.7. The summed E-state index contributed by atoms with van der Waals surface area (Å²) in [5, 5.41) is 3.60. The van der Waals surface area contributed by atoms with Crippen molar-refractivity contribution in [3.63, 3.8) is 0 Å². The molecule has 5 N–H and O–H groups in total. The summed E-state index contributed by atoms with van der Waals surface area (Å²) in [6.07, 6.45) is 4.79. The molecule has 0 amide bonds. The van der Waals surface area contributed by atoms with E-state index >= 15 is 0 Å². The van der Waals surface area contributed by atoms with Gasteiger partial charge in [0.2, 0.25) is 0 Å². The van der Waals surface area contributed by atoms with Crippen LogP contribution in [0.4, 0.5) is 0 Å². The second kappa shape index (κ2) is 9.86. The van der Waals surface area contributed by atoms with E-state index in [1.807, 2.05) is 0 Å². The molecule has 0 aromatic carbocycles. The highest BCUT2D eigenvalue weighted by atomic mass is 14.9. The first kappa shape index (κ1) is 16.9. The molecule has 3 nitrogen and oxygen atoms in total. The molecule has 104 valence electrons. The Balaban J connectivity index is 3.51. The van der Waals surface area contributed by atoms with Crippen LogP contribution in [-0.2, 0) is 0 Å². The van der Waals surface area contributed by atoms with Crippen LogP contribution in [0.2, 0.25) is 0 Å². The summed E-state index contributed by atoms with van der Waals surface area (Å²) in [5.74, 6) is 1.37. The predicted octanol–water partition coefficient (Wildman–Crippen LogP) is 2.10. The fourth-order valence-electron chi connectivity index (χ4n) is 1.81. The van der Waals surface area contributed by atoms with Gasteiger partial charge in [0.05, 0.1) is 0 Å². The molecule has 0 aromatic rings. The van der Waals surface area contributed by atoms with Crippen LogP contribution < -0.4 is 16.8 Å². The van der Waals surface area contributed by atoms with Gasteiger partial charge in [0.25, 0.3) is 0 Å². The van der Waals surface area contributed by atoms with Gasteiger partial charge in [-0.1, -0.05) is 13.8 Å². The lowest BCUT2D eigenvalue weighted by atomic mass is 10.0. The van der Waals surface area contributed by atoms with E-state index in [9.17, 15) is 0 Å². The van der Waals surface area contributed by atoms with E-state index < -0.39 is 0 Å². The zero-order valence-electron chi connectivity index (χ0n) is 12.2. The van der Waals surface area contributed by atoms with Crippen LogP contribution in [0.25, 0.3) is 0 Å². The van der Waals surface area contributed by atoms with Crippen molar-refractivity contribution in [3.05, 3.63) is 0 Å². The minimum atomic E-state index is 0.334. The van der Waals surface area contributed by atoms with Gasteiger partial charge in [-0.05, 0) is 64.5 Å². The third-order valence-corrected chi connectivity index (χ3v) is 3.42. The van der Waals surface area contributed by atoms with Crippen LogP contribution in [-0.4, -0.2) is 25.2 Å². The highest BCUT2D eigenvalue weighted by molar-refractivity contribution is 4.67. The molecule has 0 rings (SSSR count). The number of rotatable bonds is 10. The lowest BCUT2D eigenvalue weighted by Crippen LogP contribution is -2.31. The zero-order chi connectivity index (χ0) is 13.3. The molecule has 0 aliphatic carbocycles. The zero-order valence-corrected chi connectivity index (χ0v) is 12.2. The first-order chi connectivity index (χ1) is 7.95. The van der Waals surface area contributed by atoms with Gasteiger partial charge in [-0.25, -0.2) is 0 Å². The van der Waals surface area contributed by atoms with Gasteiger partial charge in [-0.15, -0.1) is 0 Å². The maximum Gasteiger partial charge on any atom is 0.00389 e. The maximum atomic E-state index is 5.76. The summed E-state index contributed by atoms with van der Waals surface area (Å²) >= 11 is 0. The monoisotopic (exact) mass is 243 g/mol. The average molecular weight is 243 g/mol. The van der Waals surface area contributed by atoms with Crippen molar-refractivity contribution < 1.29 is 0 Å². The topological polar surface area (TPSA) is 64.1 Å². The van der Waals surface area contributed by atoms with Gasteiger partial charge in [0.1, 0.15) is 0 Å². The summed E-state index contributed by atoms with van der Waals surface area (Å²) in [6, 6.07) is 0.932. The summed E-state index contributed by atoms with van der Waals surface area (Å²) in [7, 11) is 0. The van der Waals surface area contributed by atoms with Crippen molar-refractivity contribution in [2.75, 3.05) is 13.1 Å². The lowest BCUT2D eigenvalue weighted by molar-refractivity contribution is 0.389. The lowest BCUT2D eigenvalue weighted by Gasteiger charge is -2.19. The Hall–Kier alpha value is -0.120. The normalized spacial score (nSPS) is 18.7. The summed E-state index contributed by atoms with van der Waals surface area (Å²) in [5.41, 5.74) is 11.4. The molecule has 4 atom stereocenters. The van der Waals surface area contributed by atoms with Crippen molar-refractivity contribution in [1.29, 1.82) is 0 Å². The van der Waals surface area contributed by atoms with Gasteiger partial charge >= 0.3 is 0 Å². The average Bonchev–Trinajstić information content (AvgIpc) is 2.30. The minimum Gasteiger partial charge on any atom is -0.330 e. The van der Waals surface area contributed by atoms with Crippen LogP contribution in [0.15, 0.2) is 0 Å². The smallest absolute Gasteiger partial charge is 0.00389 e. The first-order valence-corrected chi connectivity index (χ1v) is 7.14. The fraction of sp³-hybridized carbons (Fsp3) is 1.00. The van der Waals surface area contributed by atoms with Gasteiger partial charge in [-0.3, -0.25) is 0 Å². The van der Waals surface area contributed by atoms with Crippen molar-refractivity contribution in [2.45, 2.75) is 65.5 Å². The molecule has 0 aliphatic heterocycles. The summed E-state index contributed by atoms with van der Waals surface area (Å²) in [4.78, 5) is 0. The SMILES string of the molecule is CC(N)CCC(C)CNC(C)CCC(C)CN. The van der Waals surface area contributed by atoms with Crippen LogP contribution in [0, 0.1) is 11.8 Å². The van der Waals surface area contributed by atoms with Crippen LogP contribution in [0.5, 0.6) is 0 Å². The number of hydrogen-bond acceptors (Lipinski definition) is 3. The van der Waals surface area contributed by atoms with Crippen molar-refractivity contribution >= 4 is 0 Å². The van der Waals surface area contributed by atoms with E-state index in [4.69, 9.17) is 11.5 Å². The molecule has 0 radical (unpaired) electrons. The molecular formula is C14H33N3. The highest BCUT2D eigenvalue weighted by Gasteiger charge is 2.08. The van der Waals surface area contributed by atoms with Gasteiger partial charge in [-0.2, -0.15) is 0 Å². The molecular weight excluding hydrogens is 210 g/mol. The standard InChI is InChI=1S/C14H33N3/c1-11(9-15)6-8-14(4)17-10-12(2)5-7-13(3)16/h11-14,17H,5-10,15-16H2,1-4H3. The number of hydrogen-bond donors (Lipinski definition) is 3. The van der Waals surface area contributed by atoms with Crippen LogP contribution in [0.3, 0.4) is 0 Å². The second-order valence-electron chi connectivity index (χ2n) is 5.89. The summed E-state index contributed by atoms with van der Waals surface area (Å²) in [6.45, 7) is 10.8. The van der Waals surface area contributed by atoms with Crippen molar-refractivity contribution in [2.24, 2.45) is 23.3 Å². The Morgan fingerprint density at radius 3 is 2.00 bits per heavy atom. The Kier molecular flexibility index (Phi) is 9.79. The summed E-state index contributed by atoms with van der Waals surface area (Å²) < 4.78 is 0. The molecule has 0 fully saturated rings. The molecule has 17 heavy (non-hydrogen) atoms. The molecule has 4 unspecified atom stereocenters. The fourth-order valence-corrected chi connectivity index (χ4v) is 1.81. The predicted molar refractivity (Wildman–Crippen MR) is 77.0 cm³/mol. The van der Waals surface area contributed by atoms with E-state index in [0.717, 1.165) is 25.4 Å². The molecule has 0 bridgehead atoms. The quantitative estimate of drug-likeness (QED) is 0.550. The molecule has 0 aliphatic rings. The third-order valence-electron chi connectivity index (χ3n) is 3.42. The van der Waals surface area contributed by atoms with Crippen LogP contribution in [0.1, 0.15) is 53.4 Å². The number of nitrogens with one attached hydrogen (secondary N) is 1. The second-order valence-corrected chi connectivity index (χ2v) is 5.89. The maximum absolute atomic E-state index is 5.76. The molecule has 0 saturated carbocycles. The van der Waals surface area contributed by atoms with Gasteiger partial charge in [0.15, 0.2) is 0 Å². The van der Waals surface area contributed by atoms with E-state index in [-0.39, 0.29) is 0 Å². The highest BCUT2D eigenvalue weighted by Crippen LogP contribution is 2.09. The van der Waals surface area contributed by atoms with E-state index in [1.165, 1.54) is 19.3 Å². The molecule has 0 saturated heterocycles. The van der Waals surface area contributed by atoms with E-state index in [1.54, 1.807) is 0 Å². The Morgan fingerprint density at radius 2 is 1.47 bits per heavy atom. The minimum absolute atomic E-state index is 0.334. The van der Waals surface area contributed by atoms with E-state index in [0.29, 0.717) is 18.0 Å². The van der Waals surface area contributed by atoms with Gasteiger partial charge < -0.3 is 16.8 Å². The first-order valence-electron chi connectivity index (χ1n) is 7.14. The van der Waals surface area contributed by atoms with Crippen molar-refractivity contribution in [1.82, 2.24) is 5.32 Å².